The van der Waals surface area contributed by atoms with Crippen molar-refractivity contribution in [3.05, 3.63) is 48.0 Å². The molecule has 1 aliphatic rings. The first-order valence-corrected chi connectivity index (χ1v) is 11.1. The smallest absolute Gasteiger partial charge is 0.238 e. The number of aryl methyl sites for hydroxylation is 1. The van der Waals surface area contributed by atoms with E-state index in [-0.39, 0.29) is 11.2 Å². The highest BCUT2D eigenvalue weighted by Crippen LogP contribution is 2.27. The van der Waals surface area contributed by atoms with Crippen LogP contribution >= 0.6 is 11.8 Å². The topological polar surface area (TPSA) is 89.1 Å². The van der Waals surface area contributed by atoms with Crippen LogP contribution < -0.4 is 5.32 Å². The average Bonchev–Trinajstić information content (AvgIpc) is 3.35. The van der Waals surface area contributed by atoms with Crippen LogP contribution in [0.1, 0.15) is 37.8 Å². The Hall–Kier alpha value is -2.65. The lowest BCUT2D eigenvalue weighted by molar-refractivity contribution is -0.115. The van der Waals surface area contributed by atoms with Crippen LogP contribution in [0, 0.1) is 6.92 Å². The Balaban J connectivity index is 1.53. The molecule has 30 heavy (non-hydrogen) atoms. The zero-order chi connectivity index (χ0) is 20.9. The summed E-state index contributed by atoms with van der Waals surface area (Å²) in [7, 11) is 0. The van der Waals surface area contributed by atoms with Gasteiger partial charge in [-0.05, 0) is 51.9 Å². The summed E-state index contributed by atoms with van der Waals surface area (Å²) < 4.78 is 7.07. The van der Waals surface area contributed by atoms with Gasteiger partial charge in [0.05, 0.1) is 11.8 Å². The lowest BCUT2D eigenvalue weighted by Gasteiger charge is -2.26. The second-order valence-electron chi connectivity index (χ2n) is 7.48. The number of aromatic nitrogens is 4. The number of para-hydroxylation sites is 1. The minimum absolute atomic E-state index is 0.159. The molecule has 2 aromatic heterocycles. The normalized spacial score (nSPS) is 15.8. The number of piperidine rings is 1. The Morgan fingerprint density at radius 3 is 2.67 bits per heavy atom. The molecule has 1 aliphatic heterocycles. The van der Waals surface area contributed by atoms with E-state index >= 15 is 0 Å². The lowest BCUT2D eigenvalue weighted by Crippen LogP contribution is -2.30. The van der Waals surface area contributed by atoms with Crippen molar-refractivity contribution in [3.63, 3.8) is 0 Å². The Bertz CT molecular complexity index is 981. The summed E-state index contributed by atoms with van der Waals surface area (Å²) in [4.78, 5) is 15.0. The highest BCUT2D eigenvalue weighted by atomic mass is 32.2. The number of anilines is 1. The summed E-state index contributed by atoms with van der Waals surface area (Å²) in [6.45, 7) is 6.55. The van der Waals surface area contributed by atoms with Crippen LogP contribution in [-0.4, -0.2) is 49.1 Å². The molecule has 1 fully saturated rings. The summed E-state index contributed by atoms with van der Waals surface area (Å²) in [5.41, 5.74) is 0.997. The first-order chi connectivity index (χ1) is 14.6. The van der Waals surface area contributed by atoms with Crippen molar-refractivity contribution in [2.24, 2.45) is 0 Å². The second-order valence-corrected chi connectivity index (χ2v) is 8.79. The van der Waals surface area contributed by atoms with Gasteiger partial charge < -0.3 is 9.84 Å². The fourth-order valence-electron chi connectivity index (χ4n) is 3.50. The number of hydrogen-bond acceptors (Lipinski definition) is 7. The summed E-state index contributed by atoms with van der Waals surface area (Å²) >= 11 is 1.38. The minimum Gasteiger partial charge on any atom is -0.360 e. The van der Waals surface area contributed by atoms with Gasteiger partial charge in [-0.2, -0.15) is 0 Å². The number of nitrogens with one attached hydrogen (secondary N) is 1. The molecule has 3 heterocycles. The van der Waals surface area contributed by atoms with Crippen LogP contribution in [0.4, 0.5) is 5.82 Å². The van der Waals surface area contributed by atoms with Gasteiger partial charge in [0.2, 0.25) is 5.91 Å². The fraction of sp³-hybridized carbons (Fsp3) is 0.429. The number of rotatable bonds is 7. The molecular weight excluding hydrogens is 400 g/mol. The van der Waals surface area contributed by atoms with Crippen molar-refractivity contribution in [2.45, 2.75) is 50.1 Å². The van der Waals surface area contributed by atoms with Gasteiger partial charge in [0.1, 0.15) is 5.76 Å². The predicted molar refractivity (Wildman–Crippen MR) is 116 cm³/mol. The molecular formula is C21H26N6O2S. The van der Waals surface area contributed by atoms with Crippen LogP contribution in [0.5, 0.6) is 0 Å². The molecule has 1 N–H and O–H groups in total. The second kappa shape index (κ2) is 9.44. The van der Waals surface area contributed by atoms with E-state index in [1.54, 1.807) is 13.0 Å². The van der Waals surface area contributed by atoms with Crippen LogP contribution in [-0.2, 0) is 11.3 Å². The number of carbonyl (C=O) groups excluding carboxylic acids is 1. The summed E-state index contributed by atoms with van der Waals surface area (Å²) in [5.74, 6) is 1.80. The monoisotopic (exact) mass is 426 g/mol. The minimum atomic E-state index is -0.378. The van der Waals surface area contributed by atoms with E-state index in [0.717, 1.165) is 31.1 Å². The predicted octanol–water partition coefficient (Wildman–Crippen LogP) is 3.67. The fourth-order valence-corrected chi connectivity index (χ4v) is 4.38. The molecule has 1 unspecified atom stereocenters. The number of hydrogen-bond donors (Lipinski definition) is 1. The third kappa shape index (κ3) is 4.91. The number of nitrogens with zero attached hydrogens (tertiary/aromatic N) is 5. The maximum atomic E-state index is 12.6. The molecule has 9 heteroatoms. The van der Waals surface area contributed by atoms with Gasteiger partial charge in [0.25, 0.3) is 0 Å². The first-order valence-electron chi connectivity index (χ1n) is 10.2. The molecule has 0 spiro atoms. The maximum Gasteiger partial charge on any atom is 0.238 e. The quantitative estimate of drug-likeness (QED) is 0.577. The van der Waals surface area contributed by atoms with Gasteiger partial charge in [-0.15, -0.1) is 10.2 Å². The largest absolute Gasteiger partial charge is 0.360 e. The zero-order valence-electron chi connectivity index (χ0n) is 17.2. The Morgan fingerprint density at radius 1 is 1.20 bits per heavy atom. The van der Waals surface area contributed by atoms with Gasteiger partial charge >= 0.3 is 0 Å². The molecule has 1 amide bonds. The molecule has 0 radical (unpaired) electrons. The molecule has 1 aromatic carbocycles. The van der Waals surface area contributed by atoms with Gasteiger partial charge in [-0.3, -0.25) is 14.3 Å². The third-order valence-corrected chi connectivity index (χ3v) is 6.10. The van der Waals surface area contributed by atoms with Crippen molar-refractivity contribution >= 4 is 23.5 Å². The molecule has 0 saturated carbocycles. The third-order valence-electron chi connectivity index (χ3n) is 5.06. The molecule has 1 atom stereocenters. The number of likely N-dealkylation sites (tertiary alicyclic amines) is 1. The summed E-state index contributed by atoms with van der Waals surface area (Å²) in [6.07, 6.45) is 3.74. The van der Waals surface area contributed by atoms with Crippen molar-refractivity contribution < 1.29 is 9.32 Å². The molecule has 3 aromatic rings. The number of amides is 1. The van der Waals surface area contributed by atoms with Crippen LogP contribution in [0.25, 0.3) is 5.69 Å². The molecule has 158 valence electrons. The standard InChI is InChI=1S/C21H26N6O2S/c1-15-13-18(25-29-15)22-20(28)16(2)30-21-24-23-19(14-26-11-7-4-8-12-26)27(21)17-9-5-3-6-10-17/h3,5-6,9-10,13,16H,4,7-8,11-12,14H2,1-2H3,(H,22,25,28). The van der Waals surface area contributed by atoms with Gasteiger partial charge in [-0.25, -0.2) is 0 Å². The van der Waals surface area contributed by atoms with Crippen LogP contribution in [0.15, 0.2) is 46.1 Å². The number of benzene rings is 1. The molecule has 4 rings (SSSR count). The number of thioether (sulfide) groups is 1. The Labute approximate surface area is 180 Å². The van der Waals surface area contributed by atoms with E-state index in [4.69, 9.17) is 4.52 Å². The van der Waals surface area contributed by atoms with E-state index in [0.29, 0.717) is 16.7 Å². The zero-order valence-corrected chi connectivity index (χ0v) is 18.1. The molecule has 8 nitrogen and oxygen atoms in total. The van der Waals surface area contributed by atoms with Crippen molar-refractivity contribution in [3.8, 4) is 5.69 Å². The van der Waals surface area contributed by atoms with Crippen molar-refractivity contribution in [2.75, 3.05) is 18.4 Å². The summed E-state index contributed by atoms with van der Waals surface area (Å²) in [6, 6.07) is 11.8. The SMILES string of the molecule is Cc1cc(NC(=O)C(C)Sc2nnc(CN3CCCCC3)n2-c2ccccc2)no1. The van der Waals surface area contributed by atoms with Gasteiger partial charge in [0, 0.05) is 11.8 Å². The lowest BCUT2D eigenvalue weighted by atomic mass is 10.1. The maximum absolute atomic E-state index is 12.6. The van der Waals surface area contributed by atoms with E-state index in [1.807, 2.05) is 37.3 Å². The first kappa shape index (κ1) is 20.6. The highest BCUT2D eigenvalue weighted by Gasteiger charge is 2.23. The molecule has 0 aliphatic carbocycles. The molecule has 0 bridgehead atoms. The highest BCUT2D eigenvalue weighted by molar-refractivity contribution is 8.00. The van der Waals surface area contributed by atoms with Crippen molar-refractivity contribution in [1.82, 2.24) is 24.8 Å². The van der Waals surface area contributed by atoms with Crippen molar-refractivity contribution in [1.29, 1.82) is 0 Å². The van der Waals surface area contributed by atoms with E-state index in [9.17, 15) is 4.79 Å². The van der Waals surface area contributed by atoms with Gasteiger partial charge in [0.15, 0.2) is 16.8 Å². The van der Waals surface area contributed by atoms with Crippen LogP contribution in [0.3, 0.4) is 0 Å². The summed E-state index contributed by atoms with van der Waals surface area (Å²) in [5, 5.41) is 15.8. The molecule has 1 saturated heterocycles. The van der Waals surface area contributed by atoms with Gasteiger partial charge in [-0.1, -0.05) is 41.5 Å². The van der Waals surface area contributed by atoms with E-state index in [1.165, 1.54) is 31.0 Å². The Morgan fingerprint density at radius 2 is 1.97 bits per heavy atom. The Kier molecular flexibility index (Phi) is 6.49. The average molecular weight is 427 g/mol. The number of carbonyl (C=O) groups is 1. The van der Waals surface area contributed by atoms with Crippen LogP contribution in [0.2, 0.25) is 0 Å². The van der Waals surface area contributed by atoms with E-state index in [2.05, 4.69) is 30.1 Å². The van der Waals surface area contributed by atoms with E-state index < -0.39 is 0 Å².